The van der Waals surface area contributed by atoms with Crippen LogP contribution in [0.4, 0.5) is 0 Å². The molecule has 0 spiro atoms. The Labute approximate surface area is 83.3 Å². The predicted molar refractivity (Wildman–Crippen MR) is 51.4 cm³/mol. The molecular weight excluding hydrogens is 182 g/mol. The minimum atomic E-state index is -0.399. The summed E-state index contributed by atoms with van der Waals surface area (Å²) in [4.78, 5) is 22.6. The second-order valence-electron chi connectivity index (χ2n) is 3.39. The molecule has 1 fully saturated rings. The molecule has 0 aromatic rings. The zero-order chi connectivity index (χ0) is 10.7. The Morgan fingerprint density at radius 1 is 1.43 bits per heavy atom. The highest BCUT2D eigenvalue weighted by Gasteiger charge is 2.42. The molecule has 1 aliphatic rings. The normalized spacial score (nSPS) is 29.6. The number of carbonyl (C=O) groups excluding carboxylic acids is 2. The Bertz CT molecular complexity index is 273. The molecule has 1 heterocycles. The van der Waals surface area contributed by atoms with Gasteiger partial charge >= 0.3 is 0 Å². The molecule has 1 saturated heterocycles. The van der Waals surface area contributed by atoms with Crippen molar-refractivity contribution >= 4 is 11.8 Å². The quantitative estimate of drug-likeness (QED) is 0.529. The van der Waals surface area contributed by atoms with Crippen LogP contribution < -0.4 is 5.32 Å². The summed E-state index contributed by atoms with van der Waals surface area (Å²) in [5.41, 5.74) is 0. The molecule has 0 aromatic carbocycles. The van der Waals surface area contributed by atoms with Crippen LogP contribution in [0.5, 0.6) is 0 Å². The van der Waals surface area contributed by atoms with Crippen molar-refractivity contribution in [2.75, 3.05) is 7.11 Å². The van der Waals surface area contributed by atoms with E-state index in [2.05, 4.69) is 5.32 Å². The van der Waals surface area contributed by atoms with E-state index in [4.69, 9.17) is 4.74 Å². The third kappa shape index (κ3) is 1.85. The molecule has 2 amide bonds. The Hall–Kier alpha value is -1.16. The summed E-state index contributed by atoms with van der Waals surface area (Å²) in [7, 11) is 1.54. The first-order valence-electron chi connectivity index (χ1n) is 4.62. The van der Waals surface area contributed by atoms with Gasteiger partial charge in [0.15, 0.2) is 0 Å². The van der Waals surface area contributed by atoms with Crippen molar-refractivity contribution in [3.05, 3.63) is 12.2 Å². The number of methoxy groups -OCH3 is 1. The third-order valence-electron chi connectivity index (χ3n) is 2.51. The number of imide groups is 1. The van der Waals surface area contributed by atoms with Crippen LogP contribution in [0.2, 0.25) is 0 Å². The molecule has 1 aliphatic heterocycles. The Morgan fingerprint density at radius 2 is 2.07 bits per heavy atom. The van der Waals surface area contributed by atoms with Gasteiger partial charge in [0.25, 0.3) is 0 Å². The molecular formula is C10H15NO3. The predicted octanol–water partition coefficient (Wildman–Crippen LogP) is 0.486. The number of amides is 2. The molecule has 0 aliphatic carbocycles. The van der Waals surface area contributed by atoms with Gasteiger partial charge in [0, 0.05) is 13.0 Å². The second-order valence-corrected chi connectivity index (χ2v) is 3.39. The molecule has 4 heteroatoms. The number of nitrogens with one attached hydrogen (secondary N) is 1. The van der Waals surface area contributed by atoms with Gasteiger partial charge in [-0.05, 0) is 6.92 Å². The molecule has 0 bridgehead atoms. The van der Waals surface area contributed by atoms with Crippen LogP contribution in [0.15, 0.2) is 12.2 Å². The standard InChI is InChI=1S/C10H15NO3/c1-4-5-7(14-3)8-6(2)9(12)11-10(8)13/h4-8H,1-3H3,(H,11,12,13)/b5-4-. The molecule has 4 nitrogen and oxygen atoms in total. The molecule has 0 radical (unpaired) electrons. The minimum Gasteiger partial charge on any atom is -0.377 e. The number of hydrogen-bond donors (Lipinski definition) is 1. The van der Waals surface area contributed by atoms with E-state index in [9.17, 15) is 9.59 Å². The van der Waals surface area contributed by atoms with Gasteiger partial charge < -0.3 is 4.74 Å². The molecule has 1 rings (SSSR count). The summed E-state index contributed by atoms with van der Waals surface area (Å²) in [6.45, 7) is 3.59. The Morgan fingerprint density at radius 3 is 2.43 bits per heavy atom. The molecule has 0 saturated carbocycles. The fraction of sp³-hybridized carbons (Fsp3) is 0.600. The second kappa shape index (κ2) is 4.37. The van der Waals surface area contributed by atoms with Crippen molar-refractivity contribution in [1.82, 2.24) is 5.32 Å². The van der Waals surface area contributed by atoms with Gasteiger partial charge in [-0.3, -0.25) is 14.9 Å². The summed E-state index contributed by atoms with van der Waals surface area (Å²) in [5, 5.41) is 2.30. The van der Waals surface area contributed by atoms with Crippen molar-refractivity contribution in [3.63, 3.8) is 0 Å². The lowest BCUT2D eigenvalue weighted by atomic mass is 9.91. The summed E-state index contributed by atoms with van der Waals surface area (Å²) in [6, 6.07) is 0. The summed E-state index contributed by atoms with van der Waals surface area (Å²) >= 11 is 0. The minimum absolute atomic E-state index is 0.216. The molecule has 14 heavy (non-hydrogen) atoms. The maximum Gasteiger partial charge on any atom is 0.233 e. The van der Waals surface area contributed by atoms with E-state index in [0.717, 1.165) is 0 Å². The SMILES string of the molecule is C/C=C\C(OC)C1C(=O)NC(=O)C1C. The van der Waals surface area contributed by atoms with Crippen molar-refractivity contribution < 1.29 is 14.3 Å². The third-order valence-corrected chi connectivity index (χ3v) is 2.51. The van der Waals surface area contributed by atoms with Gasteiger partial charge in [-0.2, -0.15) is 0 Å². The number of carbonyl (C=O) groups is 2. The van der Waals surface area contributed by atoms with Crippen LogP contribution in [0.3, 0.4) is 0 Å². The smallest absolute Gasteiger partial charge is 0.233 e. The summed E-state index contributed by atoms with van der Waals surface area (Å²) in [5.74, 6) is -1.17. The van der Waals surface area contributed by atoms with Crippen LogP contribution >= 0.6 is 0 Å². The van der Waals surface area contributed by atoms with Crippen LogP contribution in [-0.2, 0) is 14.3 Å². The lowest BCUT2D eigenvalue weighted by Gasteiger charge is -2.18. The molecule has 1 N–H and O–H groups in total. The number of rotatable bonds is 3. The monoisotopic (exact) mass is 197 g/mol. The van der Waals surface area contributed by atoms with Crippen molar-refractivity contribution in [2.45, 2.75) is 20.0 Å². The molecule has 3 atom stereocenters. The first kappa shape index (κ1) is 10.9. The first-order chi connectivity index (χ1) is 6.61. The highest BCUT2D eigenvalue weighted by molar-refractivity contribution is 6.05. The van der Waals surface area contributed by atoms with Crippen molar-refractivity contribution in [2.24, 2.45) is 11.8 Å². The average Bonchev–Trinajstić information content (AvgIpc) is 2.39. The van der Waals surface area contributed by atoms with Gasteiger partial charge in [-0.1, -0.05) is 19.1 Å². The van der Waals surface area contributed by atoms with Crippen LogP contribution in [0, 0.1) is 11.8 Å². The fourth-order valence-electron chi connectivity index (χ4n) is 1.68. The fourth-order valence-corrected chi connectivity index (χ4v) is 1.68. The van der Waals surface area contributed by atoms with Crippen LogP contribution in [-0.4, -0.2) is 25.0 Å². The van der Waals surface area contributed by atoms with Crippen molar-refractivity contribution in [1.29, 1.82) is 0 Å². The summed E-state index contributed by atoms with van der Waals surface area (Å²) in [6.07, 6.45) is 3.29. The molecule has 78 valence electrons. The largest absolute Gasteiger partial charge is 0.377 e. The number of allylic oxidation sites excluding steroid dienone is 1. The van der Waals surface area contributed by atoms with E-state index >= 15 is 0 Å². The van der Waals surface area contributed by atoms with Gasteiger partial charge in [0.1, 0.15) is 0 Å². The molecule has 0 aromatic heterocycles. The van der Waals surface area contributed by atoms with Crippen LogP contribution in [0.1, 0.15) is 13.8 Å². The highest BCUT2D eigenvalue weighted by Crippen LogP contribution is 2.24. The Kier molecular flexibility index (Phi) is 3.41. The number of ether oxygens (including phenoxy) is 1. The van der Waals surface area contributed by atoms with Crippen molar-refractivity contribution in [3.8, 4) is 0 Å². The highest BCUT2D eigenvalue weighted by atomic mass is 16.5. The first-order valence-corrected chi connectivity index (χ1v) is 4.62. The van der Waals surface area contributed by atoms with Crippen LogP contribution in [0.25, 0.3) is 0 Å². The Balaban J connectivity index is 2.84. The zero-order valence-corrected chi connectivity index (χ0v) is 8.61. The summed E-state index contributed by atoms with van der Waals surface area (Å²) < 4.78 is 5.16. The van der Waals surface area contributed by atoms with E-state index in [1.807, 2.05) is 13.0 Å². The maximum absolute atomic E-state index is 11.4. The van der Waals surface area contributed by atoms with Gasteiger partial charge in [-0.15, -0.1) is 0 Å². The van der Waals surface area contributed by atoms with E-state index < -0.39 is 5.92 Å². The van der Waals surface area contributed by atoms with Gasteiger partial charge in [-0.25, -0.2) is 0 Å². The zero-order valence-electron chi connectivity index (χ0n) is 8.61. The van der Waals surface area contributed by atoms with Gasteiger partial charge in [0.05, 0.1) is 12.0 Å². The maximum atomic E-state index is 11.4. The van der Waals surface area contributed by atoms with E-state index in [1.54, 1.807) is 13.0 Å². The lowest BCUT2D eigenvalue weighted by molar-refractivity contribution is -0.127. The lowest BCUT2D eigenvalue weighted by Crippen LogP contribution is -2.30. The average molecular weight is 197 g/mol. The van der Waals surface area contributed by atoms with E-state index in [0.29, 0.717) is 0 Å². The topological polar surface area (TPSA) is 55.4 Å². The van der Waals surface area contributed by atoms with E-state index in [-0.39, 0.29) is 23.8 Å². The van der Waals surface area contributed by atoms with E-state index in [1.165, 1.54) is 7.11 Å². The van der Waals surface area contributed by atoms with Gasteiger partial charge in [0.2, 0.25) is 11.8 Å². The number of hydrogen-bond acceptors (Lipinski definition) is 3. The molecule has 3 unspecified atom stereocenters.